The van der Waals surface area contributed by atoms with Gasteiger partial charge >= 0.3 is 5.97 Å². The van der Waals surface area contributed by atoms with Gasteiger partial charge < -0.3 is 15.2 Å². The van der Waals surface area contributed by atoms with Gasteiger partial charge in [0.1, 0.15) is 11.4 Å². The van der Waals surface area contributed by atoms with E-state index in [1.165, 1.54) is 0 Å². The van der Waals surface area contributed by atoms with Gasteiger partial charge in [-0.05, 0) is 30.3 Å². The number of phenols is 1. The monoisotopic (exact) mass is 409 g/mol. The summed E-state index contributed by atoms with van der Waals surface area (Å²) in [6, 6.07) is 26.3. The first kappa shape index (κ1) is 18.7. The zero-order valence-corrected chi connectivity index (χ0v) is 16.5. The van der Waals surface area contributed by atoms with E-state index in [9.17, 15) is 9.90 Å². The second-order valence-corrected chi connectivity index (χ2v) is 7.13. The van der Waals surface area contributed by atoms with Crippen molar-refractivity contribution in [2.24, 2.45) is 0 Å². The first-order valence-electron chi connectivity index (χ1n) is 9.87. The molecule has 0 saturated carbocycles. The highest BCUT2D eigenvalue weighted by Crippen LogP contribution is 2.36. The van der Waals surface area contributed by atoms with Crippen molar-refractivity contribution in [1.82, 2.24) is 9.78 Å². The number of nitrogens with one attached hydrogen (secondary N) is 1. The van der Waals surface area contributed by atoms with Crippen molar-refractivity contribution in [2.75, 3.05) is 5.32 Å². The first-order chi connectivity index (χ1) is 15.2. The lowest BCUT2D eigenvalue weighted by Gasteiger charge is -2.08. The molecular weight excluding hydrogens is 390 g/mol. The smallest absolute Gasteiger partial charge is 0.355 e. The number of aromatic nitrogens is 2. The Morgan fingerprint density at radius 1 is 0.903 bits per heavy atom. The summed E-state index contributed by atoms with van der Waals surface area (Å²) in [6.07, 6.45) is 3.00. The molecule has 1 unspecified atom stereocenters. The van der Waals surface area contributed by atoms with E-state index >= 15 is 0 Å². The number of cyclic esters (lactones) is 1. The minimum Gasteiger partial charge on any atom is -0.506 e. The number of hydrogen-bond donors (Lipinski definition) is 2. The Bertz CT molecular complexity index is 1260. The van der Waals surface area contributed by atoms with Gasteiger partial charge in [0.25, 0.3) is 0 Å². The van der Waals surface area contributed by atoms with E-state index in [-0.39, 0.29) is 11.4 Å². The van der Waals surface area contributed by atoms with Gasteiger partial charge in [0.05, 0.1) is 17.1 Å². The van der Waals surface area contributed by atoms with Crippen molar-refractivity contribution in [3.05, 3.63) is 108 Å². The predicted octanol–water partition coefficient (Wildman–Crippen LogP) is 4.84. The van der Waals surface area contributed by atoms with Gasteiger partial charge in [-0.1, -0.05) is 60.7 Å². The second kappa shape index (κ2) is 7.84. The molecule has 152 valence electrons. The molecule has 0 spiro atoms. The Morgan fingerprint density at radius 3 is 2.32 bits per heavy atom. The summed E-state index contributed by atoms with van der Waals surface area (Å²) in [5, 5.41) is 17.8. The molecular formula is C25H19N3O3. The Hall–Kier alpha value is -4.32. The topological polar surface area (TPSA) is 76.4 Å². The Labute approximate surface area is 179 Å². The number of hydrogen-bond acceptors (Lipinski definition) is 5. The van der Waals surface area contributed by atoms with Crippen LogP contribution in [0.2, 0.25) is 0 Å². The fraction of sp³-hybridized carbons (Fsp3) is 0.0400. The molecule has 1 aromatic heterocycles. The largest absolute Gasteiger partial charge is 0.506 e. The van der Waals surface area contributed by atoms with Gasteiger partial charge in [0.2, 0.25) is 0 Å². The molecule has 1 atom stereocenters. The summed E-state index contributed by atoms with van der Waals surface area (Å²) in [5.41, 5.74) is 4.07. The van der Waals surface area contributed by atoms with Crippen LogP contribution in [-0.2, 0) is 9.53 Å². The normalized spacial score (nSPS) is 15.4. The number of carbonyl (C=O) groups is 1. The molecule has 0 saturated heterocycles. The van der Waals surface area contributed by atoms with Crippen LogP contribution in [0, 0.1) is 0 Å². The van der Waals surface area contributed by atoms with Crippen LogP contribution in [0.5, 0.6) is 5.75 Å². The third kappa shape index (κ3) is 3.67. The van der Waals surface area contributed by atoms with Crippen LogP contribution < -0.4 is 5.32 Å². The van der Waals surface area contributed by atoms with Crippen LogP contribution in [0.3, 0.4) is 0 Å². The number of anilines is 1. The highest BCUT2D eigenvalue weighted by atomic mass is 16.5. The molecule has 6 heteroatoms. The van der Waals surface area contributed by atoms with Gasteiger partial charge in [-0.25, -0.2) is 9.48 Å². The van der Waals surface area contributed by atoms with E-state index in [4.69, 9.17) is 9.84 Å². The number of aromatic hydroxyl groups is 1. The average Bonchev–Trinajstić information content (AvgIpc) is 3.41. The van der Waals surface area contributed by atoms with Crippen LogP contribution in [0.25, 0.3) is 16.9 Å². The Kier molecular flexibility index (Phi) is 4.72. The third-order valence-corrected chi connectivity index (χ3v) is 5.06. The van der Waals surface area contributed by atoms with Crippen molar-refractivity contribution in [1.29, 1.82) is 0 Å². The van der Waals surface area contributed by atoms with Crippen molar-refractivity contribution in [3.8, 4) is 22.7 Å². The summed E-state index contributed by atoms with van der Waals surface area (Å²) >= 11 is 0. The number of benzene rings is 3. The number of phenolic OH excluding ortho intramolecular Hbond substituents is 1. The summed E-state index contributed by atoms with van der Waals surface area (Å²) in [6.45, 7) is 0. The molecule has 0 aliphatic carbocycles. The van der Waals surface area contributed by atoms with Gasteiger partial charge in [-0.15, -0.1) is 0 Å². The van der Waals surface area contributed by atoms with Gasteiger partial charge in [0.15, 0.2) is 6.10 Å². The van der Waals surface area contributed by atoms with E-state index in [0.717, 1.165) is 22.5 Å². The number of nitrogens with zero attached hydrogens (tertiary/aromatic N) is 2. The number of esters is 1. The molecule has 31 heavy (non-hydrogen) atoms. The van der Waals surface area contributed by atoms with Crippen molar-refractivity contribution >= 4 is 11.7 Å². The maximum absolute atomic E-state index is 12.5. The highest BCUT2D eigenvalue weighted by molar-refractivity contribution is 5.95. The molecule has 5 rings (SSSR count). The molecule has 6 nitrogen and oxygen atoms in total. The lowest BCUT2D eigenvalue weighted by Crippen LogP contribution is -2.08. The number of rotatable bonds is 5. The predicted molar refractivity (Wildman–Crippen MR) is 118 cm³/mol. The van der Waals surface area contributed by atoms with Crippen LogP contribution in [0.4, 0.5) is 5.69 Å². The Morgan fingerprint density at radius 2 is 1.58 bits per heavy atom. The fourth-order valence-electron chi connectivity index (χ4n) is 3.53. The SMILES string of the molecule is O=C1OC(c2cn(-c3ccccc3)nc2-c2ccccc2)C=C1Nc1ccccc1O. The molecule has 0 amide bonds. The fourth-order valence-corrected chi connectivity index (χ4v) is 3.53. The minimum absolute atomic E-state index is 0.0570. The lowest BCUT2D eigenvalue weighted by atomic mass is 10.0. The van der Waals surface area contributed by atoms with E-state index in [1.807, 2.05) is 66.9 Å². The average molecular weight is 409 g/mol. The molecule has 1 aliphatic rings. The summed E-state index contributed by atoms with van der Waals surface area (Å²) in [5.74, 6) is -0.429. The van der Waals surface area contributed by atoms with Crippen LogP contribution >= 0.6 is 0 Å². The van der Waals surface area contributed by atoms with Crippen LogP contribution in [0.1, 0.15) is 11.7 Å². The van der Waals surface area contributed by atoms with Crippen molar-refractivity contribution in [3.63, 3.8) is 0 Å². The maximum Gasteiger partial charge on any atom is 0.355 e. The number of carbonyl (C=O) groups excluding carboxylic acids is 1. The zero-order valence-electron chi connectivity index (χ0n) is 16.5. The van der Waals surface area contributed by atoms with E-state index in [2.05, 4.69) is 5.32 Å². The quantitative estimate of drug-likeness (QED) is 0.364. The Balaban J connectivity index is 1.55. The van der Waals surface area contributed by atoms with E-state index in [0.29, 0.717) is 5.69 Å². The summed E-state index contributed by atoms with van der Waals surface area (Å²) < 4.78 is 7.44. The van der Waals surface area contributed by atoms with Gasteiger partial charge in [-0.3, -0.25) is 0 Å². The molecule has 0 radical (unpaired) electrons. The molecule has 1 aliphatic heterocycles. The standard InChI is InChI=1S/C25H19N3O3/c29-22-14-8-7-13-20(22)26-21-15-23(31-25(21)30)19-16-28(18-11-5-2-6-12-18)27-24(19)17-9-3-1-4-10-17/h1-16,23,26,29H. The first-order valence-corrected chi connectivity index (χ1v) is 9.87. The van der Waals surface area contributed by atoms with Gasteiger partial charge in [-0.2, -0.15) is 5.10 Å². The van der Waals surface area contributed by atoms with Crippen LogP contribution in [0.15, 0.2) is 103 Å². The van der Waals surface area contributed by atoms with E-state index < -0.39 is 12.1 Å². The zero-order chi connectivity index (χ0) is 21.2. The molecule has 4 aromatic rings. The molecule has 0 bridgehead atoms. The molecule has 3 aromatic carbocycles. The maximum atomic E-state index is 12.5. The molecule has 0 fully saturated rings. The summed E-state index contributed by atoms with van der Waals surface area (Å²) in [4.78, 5) is 12.5. The van der Waals surface area contributed by atoms with Crippen LogP contribution in [-0.4, -0.2) is 20.9 Å². The van der Waals surface area contributed by atoms with E-state index in [1.54, 1.807) is 35.0 Å². The van der Waals surface area contributed by atoms with Crippen molar-refractivity contribution < 1.29 is 14.6 Å². The number of para-hydroxylation sites is 3. The minimum atomic E-state index is -0.603. The highest BCUT2D eigenvalue weighted by Gasteiger charge is 2.31. The third-order valence-electron chi connectivity index (χ3n) is 5.06. The van der Waals surface area contributed by atoms with Gasteiger partial charge in [0, 0.05) is 17.3 Å². The lowest BCUT2D eigenvalue weighted by molar-refractivity contribution is -0.139. The molecule has 2 heterocycles. The second-order valence-electron chi connectivity index (χ2n) is 7.13. The summed E-state index contributed by atoms with van der Waals surface area (Å²) in [7, 11) is 0. The molecule has 2 N–H and O–H groups in total. The van der Waals surface area contributed by atoms with Crippen molar-refractivity contribution in [2.45, 2.75) is 6.10 Å². The number of ether oxygens (including phenoxy) is 1.